The Balaban J connectivity index is 2.30. The normalized spacial score (nSPS) is 18.6. The maximum absolute atomic E-state index is 12.5. The molecule has 1 unspecified atom stereocenters. The lowest BCUT2D eigenvalue weighted by atomic mass is 10.1. The molecule has 0 aromatic heterocycles. The van der Waals surface area contributed by atoms with Crippen LogP contribution in [-0.4, -0.2) is 59.5 Å². The van der Waals surface area contributed by atoms with E-state index in [1.807, 2.05) is 6.26 Å². The highest BCUT2D eigenvalue weighted by molar-refractivity contribution is 7.98. The molecule has 0 saturated carbocycles. The molecule has 8 heteroatoms. The SMILES string of the molecule is CSc1ccc([N+](=O)[O-])c(C(=O)N2CCOC(CO)C2)c1. The number of rotatable bonds is 4. The molecule has 1 atom stereocenters. The average Bonchev–Trinajstić information content (AvgIpc) is 2.53. The summed E-state index contributed by atoms with van der Waals surface area (Å²) in [6.45, 7) is 0.718. The van der Waals surface area contributed by atoms with Gasteiger partial charge in [-0.15, -0.1) is 11.8 Å². The second-order valence-electron chi connectivity index (χ2n) is 4.57. The molecule has 0 spiro atoms. The van der Waals surface area contributed by atoms with Gasteiger partial charge in [-0.05, 0) is 18.4 Å². The fourth-order valence-corrected chi connectivity index (χ4v) is 2.60. The van der Waals surface area contributed by atoms with Crippen LogP contribution in [0.1, 0.15) is 10.4 Å². The molecule has 1 aromatic carbocycles. The first kappa shape index (κ1) is 15.7. The number of carbonyl (C=O) groups is 1. The lowest BCUT2D eigenvalue weighted by Gasteiger charge is -2.32. The van der Waals surface area contributed by atoms with E-state index < -0.39 is 16.9 Å². The highest BCUT2D eigenvalue weighted by Gasteiger charge is 2.29. The molecular weight excluding hydrogens is 296 g/mol. The standard InChI is InChI=1S/C13H16N2O5S/c1-21-10-2-3-12(15(18)19)11(6-10)13(17)14-4-5-20-9(7-14)8-16/h2-3,6,9,16H,4-5,7-8H2,1H3. The van der Waals surface area contributed by atoms with Crippen molar-refractivity contribution in [1.29, 1.82) is 0 Å². The number of thioether (sulfide) groups is 1. The lowest BCUT2D eigenvalue weighted by molar-refractivity contribution is -0.385. The van der Waals surface area contributed by atoms with E-state index >= 15 is 0 Å². The molecule has 1 N–H and O–H groups in total. The Morgan fingerprint density at radius 3 is 3.00 bits per heavy atom. The third kappa shape index (κ3) is 3.52. The zero-order valence-electron chi connectivity index (χ0n) is 11.5. The highest BCUT2D eigenvalue weighted by atomic mass is 32.2. The number of benzene rings is 1. The topological polar surface area (TPSA) is 92.9 Å². The fourth-order valence-electron chi connectivity index (χ4n) is 2.16. The molecule has 114 valence electrons. The molecule has 1 saturated heterocycles. The van der Waals surface area contributed by atoms with Gasteiger partial charge < -0.3 is 14.7 Å². The van der Waals surface area contributed by atoms with Gasteiger partial charge in [0, 0.05) is 24.1 Å². The smallest absolute Gasteiger partial charge is 0.282 e. The maximum Gasteiger partial charge on any atom is 0.282 e. The maximum atomic E-state index is 12.5. The van der Waals surface area contributed by atoms with Crippen LogP contribution in [0.25, 0.3) is 0 Å². The van der Waals surface area contributed by atoms with E-state index in [2.05, 4.69) is 0 Å². The van der Waals surface area contributed by atoms with Crippen LogP contribution < -0.4 is 0 Å². The van der Waals surface area contributed by atoms with Gasteiger partial charge in [0.2, 0.25) is 0 Å². The van der Waals surface area contributed by atoms with E-state index in [-0.39, 0.29) is 24.4 Å². The molecule has 1 heterocycles. The molecule has 2 rings (SSSR count). The number of hydrogen-bond acceptors (Lipinski definition) is 6. The van der Waals surface area contributed by atoms with Crippen molar-refractivity contribution in [3.63, 3.8) is 0 Å². The minimum Gasteiger partial charge on any atom is -0.394 e. The zero-order chi connectivity index (χ0) is 15.4. The van der Waals surface area contributed by atoms with Crippen molar-refractivity contribution in [2.75, 3.05) is 32.6 Å². The fraction of sp³-hybridized carbons (Fsp3) is 0.462. The Hall–Kier alpha value is -1.64. The van der Waals surface area contributed by atoms with E-state index in [4.69, 9.17) is 9.84 Å². The van der Waals surface area contributed by atoms with E-state index in [0.717, 1.165) is 4.90 Å². The molecule has 1 aromatic rings. The van der Waals surface area contributed by atoms with Crippen LogP contribution in [-0.2, 0) is 4.74 Å². The van der Waals surface area contributed by atoms with Gasteiger partial charge in [0.15, 0.2) is 0 Å². The van der Waals surface area contributed by atoms with Crippen LogP contribution in [0.15, 0.2) is 23.1 Å². The van der Waals surface area contributed by atoms with Gasteiger partial charge in [-0.3, -0.25) is 14.9 Å². The third-order valence-electron chi connectivity index (χ3n) is 3.26. The summed E-state index contributed by atoms with van der Waals surface area (Å²) in [5, 5.41) is 20.2. The first-order chi connectivity index (χ1) is 10.1. The van der Waals surface area contributed by atoms with Crippen molar-refractivity contribution in [2.45, 2.75) is 11.0 Å². The Kier molecular flexibility index (Phi) is 5.16. The Labute approximate surface area is 126 Å². The number of morpholine rings is 1. The summed E-state index contributed by atoms with van der Waals surface area (Å²) < 4.78 is 5.28. The number of carbonyl (C=O) groups excluding carboxylic acids is 1. The predicted octanol–water partition coefficient (Wildman–Crippen LogP) is 1.15. The van der Waals surface area contributed by atoms with Gasteiger partial charge in [0.25, 0.3) is 11.6 Å². The van der Waals surface area contributed by atoms with E-state index in [1.165, 1.54) is 28.8 Å². The molecule has 1 aliphatic rings. The van der Waals surface area contributed by atoms with Crippen molar-refractivity contribution >= 4 is 23.4 Å². The zero-order valence-corrected chi connectivity index (χ0v) is 12.3. The minimum atomic E-state index is -0.554. The number of amides is 1. The number of aliphatic hydroxyl groups is 1. The molecular formula is C13H16N2O5S. The first-order valence-corrected chi connectivity index (χ1v) is 7.63. The molecule has 0 aliphatic carbocycles. The number of ether oxygens (including phenoxy) is 1. The number of nitro groups is 1. The summed E-state index contributed by atoms with van der Waals surface area (Å²) in [4.78, 5) is 25.3. The number of nitrogens with zero attached hydrogens (tertiary/aromatic N) is 2. The summed E-state index contributed by atoms with van der Waals surface area (Å²) >= 11 is 1.41. The minimum absolute atomic E-state index is 0.0745. The van der Waals surface area contributed by atoms with Crippen molar-refractivity contribution in [3.05, 3.63) is 33.9 Å². The number of hydrogen-bond donors (Lipinski definition) is 1. The monoisotopic (exact) mass is 312 g/mol. The molecule has 0 bridgehead atoms. The van der Waals surface area contributed by atoms with Gasteiger partial charge >= 0.3 is 0 Å². The van der Waals surface area contributed by atoms with Crippen molar-refractivity contribution in [1.82, 2.24) is 4.90 Å². The molecule has 7 nitrogen and oxygen atoms in total. The van der Waals surface area contributed by atoms with Gasteiger partial charge in [-0.25, -0.2) is 0 Å². The van der Waals surface area contributed by atoms with Crippen molar-refractivity contribution in [3.8, 4) is 0 Å². The first-order valence-electron chi connectivity index (χ1n) is 6.41. The molecule has 1 aliphatic heterocycles. The summed E-state index contributed by atoms with van der Waals surface area (Å²) in [5.41, 5.74) is -0.129. The van der Waals surface area contributed by atoms with Crippen molar-refractivity contribution in [2.24, 2.45) is 0 Å². The lowest BCUT2D eigenvalue weighted by Crippen LogP contribution is -2.47. The van der Waals surface area contributed by atoms with Gasteiger partial charge in [-0.1, -0.05) is 0 Å². The molecule has 21 heavy (non-hydrogen) atoms. The third-order valence-corrected chi connectivity index (χ3v) is 3.99. The van der Waals surface area contributed by atoms with Crippen LogP contribution in [0.4, 0.5) is 5.69 Å². The summed E-state index contributed by atoms with van der Waals surface area (Å²) in [5.74, 6) is -0.403. The van der Waals surface area contributed by atoms with E-state index in [9.17, 15) is 14.9 Å². The van der Waals surface area contributed by atoms with E-state index in [0.29, 0.717) is 13.2 Å². The largest absolute Gasteiger partial charge is 0.394 e. The molecule has 1 amide bonds. The summed E-state index contributed by atoms with van der Waals surface area (Å²) in [7, 11) is 0. The Bertz CT molecular complexity index is 551. The number of nitro benzene ring substituents is 1. The molecule has 1 fully saturated rings. The quantitative estimate of drug-likeness (QED) is 0.509. The average molecular weight is 312 g/mol. The van der Waals surface area contributed by atoms with Gasteiger partial charge in [-0.2, -0.15) is 0 Å². The van der Waals surface area contributed by atoms with E-state index in [1.54, 1.807) is 6.07 Å². The second kappa shape index (κ2) is 6.88. The Morgan fingerprint density at radius 2 is 2.38 bits per heavy atom. The second-order valence-corrected chi connectivity index (χ2v) is 5.45. The predicted molar refractivity (Wildman–Crippen MR) is 77.6 cm³/mol. The summed E-state index contributed by atoms with van der Waals surface area (Å²) in [6.07, 6.45) is 1.40. The van der Waals surface area contributed by atoms with Gasteiger partial charge in [0.1, 0.15) is 5.56 Å². The Morgan fingerprint density at radius 1 is 1.62 bits per heavy atom. The molecule has 0 radical (unpaired) electrons. The van der Waals surface area contributed by atoms with Crippen LogP contribution in [0.5, 0.6) is 0 Å². The van der Waals surface area contributed by atoms with Crippen LogP contribution in [0.2, 0.25) is 0 Å². The van der Waals surface area contributed by atoms with Gasteiger partial charge in [0.05, 0.1) is 24.2 Å². The number of aliphatic hydroxyl groups excluding tert-OH is 1. The van der Waals surface area contributed by atoms with Crippen LogP contribution in [0, 0.1) is 10.1 Å². The summed E-state index contributed by atoms with van der Waals surface area (Å²) in [6, 6.07) is 4.51. The van der Waals surface area contributed by atoms with Crippen molar-refractivity contribution < 1.29 is 19.6 Å². The highest BCUT2D eigenvalue weighted by Crippen LogP contribution is 2.26. The van der Waals surface area contributed by atoms with Crippen LogP contribution in [0.3, 0.4) is 0 Å². The van der Waals surface area contributed by atoms with Crippen LogP contribution >= 0.6 is 11.8 Å².